The van der Waals surface area contributed by atoms with Gasteiger partial charge in [0.2, 0.25) is 0 Å². The van der Waals surface area contributed by atoms with Crippen LogP contribution in [0.4, 0.5) is 11.6 Å². The third kappa shape index (κ3) is 4.28. The number of nitrogens with zero attached hydrogens (tertiary/aromatic N) is 6. The van der Waals surface area contributed by atoms with Crippen LogP contribution >= 0.6 is 11.3 Å². The summed E-state index contributed by atoms with van der Waals surface area (Å²) < 4.78 is 0. The van der Waals surface area contributed by atoms with E-state index in [-0.39, 0.29) is 5.91 Å². The number of carbonyl (C=O) groups is 1. The van der Waals surface area contributed by atoms with Crippen LogP contribution in [0.3, 0.4) is 0 Å². The van der Waals surface area contributed by atoms with Crippen LogP contribution in [0.1, 0.15) is 41.3 Å². The Morgan fingerprint density at radius 2 is 1.70 bits per heavy atom. The predicted octanol–water partition coefficient (Wildman–Crippen LogP) is 4.15. The van der Waals surface area contributed by atoms with E-state index in [1.165, 1.54) is 17.8 Å². The number of amides is 1. The second kappa shape index (κ2) is 8.89. The fourth-order valence-electron chi connectivity index (χ4n) is 5.31. The maximum atomic E-state index is 13.5. The van der Waals surface area contributed by atoms with Gasteiger partial charge in [-0.1, -0.05) is 19.9 Å². The van der Waals surface area contributed by atoms with Gasteiger partial charge >= 0.3 is 0 Å². The third-order valence-electron chi connectivity index (χ3n) is 6.79. The van der Waals surface area contributed by atoms with Crippen molar-refractivity contribution in [2.75, 3.05) is 49.1 Å². The Hall–Kier alpha value is -2.74. The van der Waals surface area contributed by atoms with Crippen molar-refractivity contribution in [1.82, 2.24) is 19.9 Å². The zero-order valence-corrected chi connectivity index (χ0v) is 20.7. The fourth-order valence-corrected chi connectivity index (χ4v) is 6.50. The second-order valence-corrected chi connectivity index (χ2v) is 10.6. The highest BCUT2D eigenvalue weighted by molar-refractivity contribution is 7.20. The lowest BCUT2D eigenvalue weighted by atomic mass is 9.92. The highest BCUT2D eigenvalue weighted by Gasteiger charge is 2.30. The number of piperidine rings is 1. The number of fused-ring (bicyclic) bond motifs is 1. The average molecular weight is 465 g/mol. The molecule has 5 heterocycles. The van der Waals surface area contributed by atoms with E-state index >= 15 is 0 Å². The predicted molar refractivity (Wildman–Crippen MR) is 134 cm³/mol. The fraction of sp³-hybridized carbons (Fsp3) is 0.520. The molecule has 33 heavy (non-hydrogen) atoms. The zero-order valence-electron chi connectivity index (χ0n) is 19.9. The van der Waals surface area contributed by atoms with Gasteiger partial charge < -0.3 is 14.7 Å². The van der Waals surface area contributed by atoms with Gasteiger partial charge in [-0.2, -0.15) is 0 Å². The summed E-state index contributed by atoms with van der Waals surface area (Å²) in [6.45, 7) is 13.7. The average Bonchev–Trinajstić information content (AvgIpc) is 3.14. The molecule has 2 fully saturated rings. The Balaban J connectivity index is 1.43. The van der Waals surface area contributed by atoms with E-state index in [1.807, 2.05) is 30.2 Å². The number of anilines is 2. The van der Waals surface area contributed by atoms with Crippen LogP contribution in [-0.2, 0) is 0 Å². The number of thiophene rings is 1. The number of aromatic nitrogens is 3. The van der Waals surface area contributed by atoms with E-state index in [0.717, 1.165) is 77.4 Å². The van der Waals surface area contributed by atoms with Crippen LogP contribution in [0.15, 0.2) is 24.4 Å². The van der Waals surface area contributed by atoms with Crippen molar-refractivity contribution in [3.8, 4) is 0 Å². The van der Waals surface area contributed by atoms with E-state index in [4.69, 9.17) is 9.97 Å². The Kier molecular flexibility index (Phi) is 5.95. The molecule has 2 saturated heterocycles. The Labute approximate surface area is 199 Å². The van der Waals surface area contributed by atoms with Crippen molar-refractivity contribution < 1.29 is 4.79 Å². The number of hydrogen-bond donors (Lipinski definition) is 0. The van der Waals surface area contributed by atoms with Gasteiger partial charge in [-0.05, 0) is 49.8 Å². The standard InChI is InChI=1S/C25H32N6OS/c1-16-13-17(2)15-31(14-16)25(32)22-18(3)21-23(27-19(4)28-24(21)33-22)30-11-9-29(10-12-30)20-7-5-6-8-26-20/h5-8,16-17H,9-15H2,1-4H3/t16-,17+. The number of carbonyl (C=O) groups excluding carboxylic acids is 1. The summed E-state index contributed by atoms with van der Waals surface area (Å²) in [7, 11) is 0. The summed E-state index contributed by atoms with van der Waals surface area (Å²) >= 11 is 1.53. The molecule has 0 spiro atoms. The van der Waals surface area contributed by atoms with Gasteiger partial charge in [0.1, 0.15) is 22.3 Å². The first-order valence-corrected chi connectivity index (χ1v) is 12.7. The lowest BCUT2D eigenvalue weighted by Crippen LogP contribution is -2.47. The number of pyridine rings is 1. The molecule has 0 aromatic carbocycles. The number of piperazine rings is 1. The summed E-state index contributed by atoms with van der Waals surface area (Å²) in [5.74, 6) is 3.97. The molecule has 8 heteroatoms. The van der Waals surface area contributed by atoms with E-state index < -0.39 is 0 Å². The second-order valence-electron chi connectivity index (χ2n) is 9.65. The summed E-state index contributed by atoms with van der Waals surface area (Å²) in [5, 5.41) is 1.04. The van der Waals surface area contributed by atoms with Gasteiger partial charge in [0.05, 0.1) is 10.3 Å². The molecular weight excluding hydrogens is 432 g/mol. The maximum absolute atomic E-state index is 13.5. The summed E-state index contributed by atoms with van der Waals surface area (Å²) in [6, 6.07) is 6.04. The van der Waals surface area contributed by atoms with E-state index in [9.17, 15) is 4.79 Å². The molecule has 174 valence electrons. The lowest BCUT2D eigenvalue weighted by Gasteiger charge is -2.36. The van der Waals surface area contributed by atoms with Crippen LogP contribution in [0.5, 0.6) is 0 Å². The van der Waals surface area contributed by atoms with Crippen molar-refractivity contribution in [1.29, 1.82) is 0 Å². The molecule has 2 aliphatic heterocycles. The molecule has 2 atom stereocenters. The molecule has 3 aromatic heterocycles. The maximum Gasteiger partial charge on any atom is 0.264 e. The Morgan fingerprint density at radius 3 is 2.36 bits per heavy atom. The highest BCUT2D eigenvalue weighted by Crippen LogP contribution is 2.37. The van der Waals surface area contributed by atoms with Gasteiger partial charge in [-0.15, -0.1) is 11.3 Å². The monoisotopic (exact) mass is 464 g/mol. The molecule has 0 bridgehead atoms. The van der Waals surface area contributed by atoms with Gasteiger partial charge in [-0.3, -0.25) is 4.79 Å². The van der Waals surface area contributed by atoms with E-state index in [0.29, 0.717) is 11.8 Å². The van der Waals surface area contributed by atoms with Crippen molar-refractivity contribution in [2.24, 2.45) is 11.8 Å². The van der Waals surface area contributed by atoms with E-state index in [2.05, 4.69) is 41.6 Å². The molecule has 0 N–H and O–H groups in total. The smallest absolute Gasteiger partial charge is 0.264 e. The van der Waals surface area contributed by atoms with Gasteiger partial charge in [0.15, 0.2) is 0 Å². The van der Waals surface area contributed by atoms with Crippen LogP contribution in [0.2, 0.25) is 0 Å². The summed E-state index contributed by atoms with van der Waals surface area (Å²) in [4.78, 5) is 36.0. The SMILES string of the molecule is Cc1nc(N2CCN(c3ccccn3)CC2)c2c(C)c(C(=O)N3C[C@H](C)C[C@H](C)C3)sc2n1. The number of aryl methyl sites for hydroxylation is 2. The molecule has 5 rings (SSSR count). The molecule has 3 aromatic rings. The Bertz CT molecular complexity index is 1140. The van der Waals surface area contributed by atoms with E-state index in [1.54, 1.807) is 0 Å². The zero-order chi connectivity index (χ0) is 23.1. The molecule has 2 aliphatic rings. The molecule has 0 aliphatic carbocycles. The minimum atomic E-state index is 0.150. The van der Waals surface area contributed by atoms with Crippen molar-refractivity contribution >= 4 is 39.1 Å². The summed E-state index contributed by atoms with van der Waals surface area (Å²) in [6.07, 6.45) is 3.03. The van der Waals surface area contributed by atoms with Crippen molar-refractivity contribution in [2.45, 2.75) is 34.1 Å². The van der Waals surface area contributed by atoms with Gasteiger partial charge in [0, 0.05) is 45.5 Å². The van der Waals surface area contributed by atoms with Crippen molar-refractivity contribution in [3.05, 3.63) is 40.7 Å². The molecule has 7 nitrogen and oxygen atoms in total. The minimum absolute atomic E-state index is 0.150. The first-order valence-electron chi connectivity index (χ1n) is 11.9. The summed E-state index contributed by atoms with van der Waals surface area (Å²) in [5.41, 5.74) is 1.02. The minimum Gasteiger partial charge on any atom is -0.353 e. The van der Waals surface area contributed by atoms with Crippen molar-refractivity contribution in [3.63, 3.8) is 0 Å². The van der Waals surface area contributed by atoms with Crippen LogP contribution in [0.25, 0.3) is 10.2 Å². The largest absolute Gasteiger partial charge is 0.353 e. The van der Waals surface area contributed by atoms with Crippen LogP contribution in [-0.4, -0.2) is 65.0 Å². The number of hydrogen-bond acceptors (Lipinski definition) is 7. The van der Waals surface area contributed by atoms with Gasteiger partial charge in [0.25, 0.3) is 5.91 Å². The first kappa shape index (κ1) is 22.1. The van der Waals surface area contributed by atoms with Crippen LogP contribution < -0.4 is 9.80 Å². The first-order chi connectivity index (χ1) is 15.9. The third-order valence-corrected chi connectivity index (χ3v) is 7.96. The Morgan fingerprint density at radius 1 is 1.00 bits per heavy atom. The molecule has 1 amide bonds. The highest BCUT2D eigenvalue weighted by atomic mass is 32.1. The number of likely N-dealkylation sites (tertiary alicyclic amines) is 1. The van der Waals surface area contributed by atoms with Gasteiger partial charge in [-0.25, -0.2) is 15.0 Å². The molecular formula is C25H32N6OS. The molecule has 0 unspecified atom stereocenters. The lowest BCUT2D eigenvalue weighted by molar-refractivity contribution is 0.0627. The molecule has 0 radical (unpaired) electrons. The topological polar surface area (TPSA) is 65.5 Å². The van der Waals surface area contributed by atoms with Crippen LogP contribution in [0, 0.1) is 25.7 Å². The molecule has 0 saturated carbocycles. The quantitative estimate of drug-likeness (QED) is 0.580. The normalized spacial score (nSPS) is 21.6. The number of rotatable bonds is 3.